The number of hydrogen-bond donors (Lipinski definition) is 4. The molecule has 1 aromatic heterocycles. The van der Waals surface area contributed by atoms with Crippen LogP contribution in [0.15, 0.2) is 60.7 Å². The van der Waals surface area contributed by atoms with E-state index in [1.54, 1.807) is 27.0 Å². The second kappa shape index (κ2) is 19.6. The Bertz CT molecular complexity index is 2270. The van der Waals surface area contributed by atoms with Gasteiger partial charge in [0.2, 0.25) is 5.91 Å². The molecule has 0 saturated heterocycles. The summed E-state index contributed by atoms with van der Waals surface area (Å²) in [6, 6.07) is 17.5. The van der Waals surface area contributed by atoms with Crippen molar-refractivity contribution < 1.29 is 42.6 Å². The Balaban J connectivity index is 1.03. The first-order valence-corrected chi connectivity index (χ1v) is 19.8. The molecule has 1 aliphatic heterocycles. The van der Waals surface area contributed by atoms with E-state index in [1.165, 1.54) is 23.1 Å². The highest BCUT2D eigenvalue weighted by Gasteiger charge is 2.33. The number of ether oxygens (including phenoxy) is 3. The molecule has 4 aromatic rings. The number of nitrogens with one attached hydrogen (secondary N) is 4. The quantitative estimate of drug-likeness (QED) is 0.0480. The van der Waals surface area contributed by atoms with Gasteiger partial charge in [-0.2, -0.15) is 0 Å². The third-order valence-electron chi connectivity index (χ3n) is 10.6. The predicted molar refractivity (Wildman–Crippen MR) is 222 cm³/mol. The van der Waals surface area contributed by atoms with Crippen LogP contribution in [0, 0.1) is 19.7 Å². The third-order valence-corrected chi connectivity index (χ3v) is 10.6. The fourth-order valence-electron chi connectivity index (χ4n) is 7.63. The molecule has 1 atom stereocenters. The number of carbonyl (C=O) groups is 5. The summed E-state index contributed by atoms with van der Waals surface area (Å²) in [5.41, 5.74) is 7.64. The molecule has 0 spiro atoms. The van der Waals surface area contributed by atoms with Crippen molar-refractivity contribution in [2.45, 2.75) is 46.0 Å². The summed E-state index contributed by atoms with van der Waals surface area (Å²) >= 11 is 0. The fraction of sp³-hybridized carbons (Fsp3) is 0.356. The Morgan fingerprint density at radius 1 is 0.932 bits per heavy atom. The van der Waals surface area contributed by atoms with E-state index in [4.69, 9.17) is 14.2 Å². The van der Waals surface area contributed by atoms with E-state index in [-0.39, 0.29) is 67.7 Å². The van der Waals surface area contributed by atoms with Gasteiger partial charge in [0.05, 0.1) is 11.1 Å². The molecule has 59 heavy (non-hydrogen) atoms. The maximum absolute atomic E-state index is 14.0. The van der Waals surface area contributed by atoms with Crippen molar-refractivity contribution in [3.05, 3.63) is 111 Å². The zero-order chi connectivity index (χ0) is 42.1. The second-order valence-corrected chi connectivity index (χ2v) is 14.5. The number of anilines is 1. The van der Waals surface area contributed by atoms with Gasteiger partial charge in [0.1, 0.15) is 19.0 Å². The highest BCUT2D eigenvalue weighted by atomic mass is 19.1. The minimum Gasteiger partial charge on any atom is -0.448 e. The van der Waals surface area contributed by atoms with Crippen LogP contribution in [0.5, 0.6) is 0 Å². The van der Waals surface area contributed by atoms with Gasteiger partial charge in [-0.15, -0.1) is 0 Å². The van der Waals surface area contributed by atoms with Crippen LogP contribution < -0.4 is 16.0 Å². The van der Waals surface area contributed by atoms with Gasteiger partial charge in [-0.1, -0.05) is 42.5 Å². The molecule has 1 unspecified atom stereocenters. The standard InChI is InChI=1S/C45H50FN5O8/c1-5-51(20-19-48-44(55)41-27(2)38(49-28(41)3)24-35-34-23-29(46)16-17-37(34)50-43(35)54)45(56)59-25-36-30-11-6-7-12-31(30)42-32(36)13-8-14-33(42)39(52)15-9-18-47-40(53)26-58-22-10-21-57-4/h6-8,11-14,16-17,23-24,36,49H,5,9-10,15,18-22,25-26H2,1-4H3,(H,47,53)(H,48,55)(H,50,54)/b35-24-. The minimum absolute atomic E-state index is 0.0412. The Hall–Kier alpha value is -6.12. The number of methoxy groups -OCH3 is 1. The summed E-state index contributed by atoms with van der Waals surface area (Å²) in [7, 11) is 1.61. The molecule has 4 amide bonds. The summed E-state index contributed by atoms with van der Waals surface area (Å²) in [5.74, 6) is -1.73. The van der Waals surface area contributed by atoms with Gasteiger partial charge in [-0.3, -0.25) is 19.2 Å². The van der Waals surface area contributed by atoms with E-state index in [9.17, 15) is 28.4 Å². The molecule has 6 rings (SSSR count). The Morgan fingerprint density at radius 2 is 1.73 bits per heavy atom. The topological polar surface area (TPSA) is 168 Å². The highest BCUT2D eigenvalue weighted by molar-refractivity contribution is 6.35. The van der Waals surface area contributed by atoms with Crippen LogP contribution in [0.2, 0.25) is 0 Å². The predicted octanol–water partition coefficient (Wildman–Crippen LogP) is 6.40. The number of aromatic amines is 1. The van der Waals surface area contributed by atoms with E-state index in [0.717, 1.165) is 22.3 Å². The van der Waals surface area contributed by atoms with Crippen molar-refractivity contribution in [3.8, 4) is 11.1 Å². The first-order valence-electron chi connectivity index (χ1n) is 19.8. The molecule has 310 valence electrons. The van der Waals surface area contributed by atoms with Crippen LogP contribution in [0.1, 0.15) is 86.5 Å². The van der Waals surface area contributed by atoms with Gasteiger partial charge in [-0.05, 0) is 85.7 Å². The molecule has 0 saturated carbocycles. The summed E-state index contributed by atoms with van der Waals surface area (Å²) in [4.78, 5) is 69.8. The number of likely N-dealkylation sites (N-methyl/N-ethyl adjacent to an activating group) is 1. The lowest BCUT2D eigenvalue weighted by Gasteiger charge is -2.22. The van der Waals surface area contributed by atoms with Crippen molar-refractivity contribution in [3.63, 3.8) is 0 Å². The minimum atomic E-state index is -0.531. The lowest BCUT2D eigenvalue weighted by molar-refractivity contribution is -0.125. The largest absolute Gasteiger partial charge is 0.448 e. The number of aromatic nitrogens is 1. The summed E-state index contributed by atoms with van der Waals surface area (Å²) in [5, 5.41) is 8.43. The summed E-state index contributed by atoms with van der Waals surface area (Å²) in [6.45, 7) is 7.41. The Labute approximate surface area is 342 Å². The average molecular weight is 808 g/mol. The molecular weight excluding hydrogens is 758 g/mol. The Morgan fingerprint density at radius 3 is 2.53 bits per heavy atom. The van der Waals surface area contributed by atoms with Crippen LogP contribution >= 0.6 is 0 Å². The second-order valence-electron chi connectivity index (χ2n) is 14.5. The number of nitrogens with zero attached hydrogens (tertiary/aromatic N) is 1. The number of halogens is 1. The zero-order valence-electron chi connectivity index (χ0n) is 33.8. The van der Waals surface area contributed by atoms with E-state index < -0.39 is 11.9 Å². The van der Waals surface area contributed by atoms with Crippen LogP contribution in [0.3, 0.4) is 0 Å². The maximum atomic E-state index is 14.0. The van der Waals surface area contributed by atoms with Gasteiger partial charge >= 0.3 is 6.09 Å². The van der Waals surface area contributed by atoms with Crippen molar-refractivity contribution in [1.29, 1.82) is 0 Å². The van der Waals surface area contributed by atoms with Gasteiger partial charge < -0.3 is 40.0 Å². The number of aryl methyl sites for hydroxylation is 1. The number of Topliss-reactive ketones (excluding diaryl/α,β-unsaturated/α-hetero) is 1. The van der Waals surface area contributed by atoms with Crippen LogP contribution in [-0.4, -0.2) is 99.2 Å². The highest BCUT2D eigenvalue weighted by Crippen LogP contribution is 2.47. The molecule has 1 aliphatic carbocycles. The molecular formula is C45H50FN5O8. The molecule has 2 heterocycles. The fourth-order valence-corrected chi connectivity index (χ4v) is 7.63. The van der Waals surface area contributed by atoms with E-state index >= 15 is 0 Å². The molecule has 2 aliphatic rings. The van der Waals surface area contributed by atoms with Gasteiger partial charge in [0.25, 0.3) is 11.8 Å². The normalized spacial score (nSPS) is 14.4. The van der Waals surface area contributed by atoms with Crippen LogP contribution in [0.4, 0.5) is 14.9 Å². The van der Waals surface area contributed by atoms with Crippen molar-refractivity contribution >= 4 is 46.9 Å². The van der Waals surface area contributed by atoms with Crippen molar-refractivity contribution in [1.82, 2.24) is 20.5 Å². The summed E-state index contributed by atoms with van der Waals surface area (Å²) in [6.07, 6.45) is 2.50. The lowest BCUT2D eigenvalue weighted by atomic mass is 9.93. The number of benzene rings is 3. The van der Waals surface area contributed by atoms with E-state index in [0.29, 0.717) is 78.5 Å². The first-order chi connectivity index (χ1) is 28.5. The molecule has 4 N–H and O–H groups in total. The van der Waals surface area contributed by atoms with Crippen molar-refractivity contribution in [2.75, 3.05) is 65.0 Å². The maximum Gasteiger partial charge on any atom is 0.409 e. The molecule has 13 nitrogen and oxygen atoms in total. The molecule has 14 heteroatoms. The van der Waals surface area contributed by atoms with Crippen LogP contribution in [0.25, 0.3) is 22.8 Å². The van der Waals surface area contributed by atoms with E-state index in [2.05, 4.69) is 20.9 Å². The lowest BCUT2D eigenvalue weighted by Crippen LogP contribution is -2.39. The SMILES string of the molecule is CCN(CCNC(=O)c1c(C)[nH]c(/C=C2\C(=O)Nc3ccc(F)cc32)c1C)C(=O)OCC1c2ccccc2-c2c(C(=O)CCCNC(=O)COCCCOC)cccc21. The number of hydrogen-bond acceptors (Lipinski definition) is 8. The van der Waals surface area contributed by atoms with Gasteiger partial charge in [0, 0.05) is 87.0 Å². The average Bonchev–Trinajstić information content (AvgIpc) is 3.83. The van der Waals surface area contributed by atoms with Crippen molar-refractivity contribution in [2.24, 2.45) is 0 Å². The number of amides is 4. The summed E-state index contributed by atoms with van der Waals surface area (Å²) < 4.78 is 30.2. The number of ketones is 1. The molecule has 0 radical (unpaired) electrons. The molecule has 3 aromatic carbocycles. The third kappa shape index (κ3) is 9.78. The smallest absolute Gasteiger partial charge is 0.409 e. The number of H-pyrrole nitrogens is 1. The zero-order valence-corrected chi connectivity index (χ0v) is 33.8. The Kier molecular flexibility index (Phi) is 14.1. The number of carbonyl (C=O) groups excluding carboxylic acids is 5. The molecule has 0 fully saturated rings. The first kappa shape index (κ1) is 42.5. The number of fused-ring (bicyclic) bond motifs is 4. The van der Waals surface area contributed by atoms with Gasteiger partial charge in [-0.25, -0.2) is 9.18 Å². The van der Waals surface area contributed by atoms with E-state index in [1.807, 2.05) is 49.4 Å². The number of rotatable bonds is 19. The van der Waals surface area contributed by atoms with Gasteiger partial charge in [0.15, 0.2) is 5.78 Å². The monoisotopic (exact) mass is 807 g/mol. The molecule has 0 bridgehead atoms. The van der Waals surface area contributed by atoms with Crippen LogP contribution in [-0.2, 0) is 23.8 Å².